The van der Waals surface area contributed by atoms with Crippen molar-refractivity contribution in [3.63, 3.8) is 0 Å². The molecule has 0 aliphatic rings. The molecule has 2 unspecified atom stereocenters. The summed E-state index contributed by atoms with van der Waals surface area (Å²) in [4.78, 5) is 2.09. The topological polar surface area (TPSA) is 52.9 Å². The molecule has 2 aromatic carbocycles. The molecule has 23 heavy (non-hydrogen) atoms. The third-order valence-electron chi connectivity index (χ3n) is 4.08. The van der Waals surface area contributed by atoms with Crippen LogP contribution in [0.1, 0.15) is 30.2 Å². The Morgan fingerprint density at radius 3 is 2.17 bits per heavy atom. The van der Waals surface area contributed by atoms with Crippen LogP contribution in [0, 0.1) is 0 Å². The Labute approximate surface area is 138 Å². The van der Waals surface area contributed by atoms with Crippen molar-refractivity contribution in [2.45, 2.75) is 19.1 Å². The average molecular weight is 315 g/mol. The van der Waals surface area contributed by atoms with Crippen LogP contribution in [-0.2, 0) is 0 Å². The van der Waals surface area contributed by atoms with Gasteiger partial charge in [0.2, 0.25) is 0 Å². The van der Waals surface area contributed by atoms with Crippen molar-refractivity contribution < 1.29 is 14.9 Å². The molecule has 4 heteroatoms. The second kappa shape index (κ2) is 8.67. The highest BCUT2D eigenvalue weighted by molar-refractivity contribution is 5.31. The summed E-state index contributed by atoms with van der Waals surface area (Å²) < 4.78 is 5.18. The van der Waals surface area contributed by atoms with Crippen molar-refractivity contribution in [2.75, 3.05) is 26.8 Å². The van der Waals surface area contributed by atoms with E-state index in [2.05, 4.69) is 4.90 Å². The van der Waals surface area contributed by atoms with Crippen LogP contribution in [0.4, 0.5) is 0 Å². The third-order valence-corrected chi connectivity index (χ3v) is 4.08. The van der Waals surface area contributed by atoms with Crippen LogP contribution in [0.5, 0.6) is 5.75 Å². The molecule has 0 aromatic heterocycles. The van der Waals surface area contributed by atoms with Crippen molar-refractivity contribution in [1.29, 1.82) is 0 Å². The lowest BCUT2D eigenvalue weighted by Crippen LogP contribution is -2.35. The number of likely N-dealkylation sites (N-methyl/N-ethyl adjacent to an activating group) is 1. The van der Waals surface area contributed by atoms with Crippen LogP contribution in [-0.4, -0.2) is 41.9 Å². The van der Waals surface area contributed by atoms with Gasteiger partial charge in [-0.2, -0.15) is 0 Å². The molecule has 2 atom stereocenters. The summed E-state index contributed by atoms with van der Waals surface area (Å²) in [6.45, 7) is 3.36. The van der Waals surface area contributed by atoms with Gasteiger partial charge < -0.3 is 14.9 Å². The van der Waals surface area contributed by atoms with Crippen LogP contribution < -0.4 is 4.74 Å². The first-order chi connectivity index (χ1) is 11.2. The van der Waals surface area contributed by atoms with Gasteiger partial charge in [0, 0.05) is 6.54 Å². The first-order valence-electron chi connectivity index (χ1n) is 7.93. The predicted octanol–water partition coefficient (Wildman–Crippen LogP) is 2.78. The van der Waals surface area contributed by atoms with Gasteiger partial charge in [-0.05, 0) is 29.8 Å². The smallest absolute Gasteiger partial charge is 0.118 e. The Morgan fingerprint density at radius 1 is 1.00 bits per heavy atom. The van der Waals surface area contributed by atoms with E-state index in [9.17, 15) is 10.2 Å². The molecular formula is C19H25NO3. The zero-order valence-electron chi connectivity index (χ0n) is 13.7. The van der Waals surface area contributed by atoms with E-state index in [1.807, 2.05) is 61.5 Å². The number of hydrogen-bond donors (Lipinski definition) is 2. The molecule has 0 saturated carbocycles. The first kappa shape index (κ1) is 17.5. The molecule has 2 aromatic rings. The molecular weight excluding hydrogens is 290 g/mol. The van der Waals surface area contributed by atoms with Gasteiger partial charge in [-0.25, -0.2) is 0 Å². The van der Waals surface area contributed by atoms with E-state index in [4.69, 9.17) is 4.74 Å². The van der Waals surface area contributed by atoms with Crippen LogP contribution in [0.3, 0.4) is 0 Å². The fourth-order valence-electron chi connectivity index (χ4n) is 2.85. The highest BCUT2D eigenvalue weighted by atomic mass is 16.5. The molecule has 0 heterocycles. The molecule has 0 bridgehead atoms. The normalized spacial score (nSPS) is 13.8. The summed E-state index contributed by atoms with van der Waals surface area (Å²) in [5, 5.41) is 20.3. The van der Waals surface area contributed by atoms with E-state index in [1.54, 1.807) is 7.11 Å². The molecule has 0 fully saturated rings. The average Bonchev–Trinajstić information content (AvgIpc) is 2.62. The molecule has 0 saturated heterocycles. The van der Waals surface area contributed by atoms with Crippen LogP contribution >= 0.6 is 0 Å². The number of aliphatic hydroxyl groups excluding tert-OH is 2. The Balaban J connectivity index is 2.34. The maximum atomic E-state index is 11.0. The van der Waals surface area contributed by atoms with Gasteiger partial charge in [0.25, 0.3) is 0 Å². The Morgan fingerprint density at radius 2 is 1.65 bits per heavy atom. The number of hydrogen-bond acceptors (Lipinski definition) is 4. The van der Waals surface area contributed by atoms with Gasteiger partial charge in [-0.1, -0.05) is 49.4 Å². The number of benzene rings is 2. The van der Waals surface area contributed by atoms with Gasteiger partial charge in [0.15, 0.2) is 0 Å². The fourth-order valence-corrected chi connectivity index (χ4v) is 2.85. The van der Waals surface area contributed by atoms with Crippen molar-refractivity contribution in [2.24, 2.45) is 0 Å². The van der Waals surface area contributed by atoms with E-state index in [0.29, 0.717) is 6.54 Å². The summed E-state index contributed by atoms with van der Waals surface area (Å²) in [7, 11) is 1.62. The van der Waals surface area contributed by atoms with Crippen LogP contribution in [0.25, 0.3) is 0 Å². The highest BCUT2D eigenvalue weighted by Crippen LogP contribution is 2.34. The van der Waals surface area contributed by atoms with E-state index in [-0.39, 0.29) is 12.6 Å². The Hall–Kier alpha value is -1.88. The second-order valence-corrected chi connectivity index (χ2v) is 5.43. The lowest BCUT2D eigenvalue weighted by molar-refractivity contribution is 0.0404. The van der Waals surface area contributed by atoms with Gasteiger partial charge in [0.05, 0.1) is 25.9 Å². The van der Waals surface area contributed by atoms with Gasteiger partial charge in [0.1, 0.15) is 5.75 Å². The minimum absolute atomic E-state index is 0.0620. The van der Waals surface area contributed by atoms with E-state index in [0.717, 1.165) is 23.4 Å². The van der Waals surface area contributed by atoms with E-state index < -0.39 is 6.10 Å². The van der Waals surface area contributed by atoms with Crippen molar-refractivity contribution in [3.05, 3.63) is 65.7 Å². The maximum absolute atomic E-state index is 11.0. The third kappa shape index (κ3) is 4.32. The predicted molar refractivity (Wildman–Crippen MR) is 91.5 cm³/mol. The molecule has 0 aliphatic heterocycles. The summed E-state index contributed by atoms with van der Waals surface area (Å²) >= 11 is 0. The number of ether oxygens (including phenoxy) is 1. The molecule has 0 radical (unpaired) electrons. The van der Waals surface area contributed by atoms with E-state index >= 15 is 0 Å². The molecule has 2 rings (SSSR count). The standard InChI is InChI=1S/C19H25NO3/c1-3-20(13-14-21)18(15-7-5-4-6-8-15)19(22)16-9-11-17(23-2)12-10-16/h4-12,18-19,21-22H,3,13-14H2,1-2H3. The van der Waals surface area contributed by atoms with Crippen molar-refractivity contribution in [3.8, 4) is 5.75 Å². The van der Waals surface area contributed by atoms with Crippen molar-refractivity contribution in [1.82, 2.24) is 4.90 Å². The molecule has 0 aliphatic carbocycles. The Kier molecular flexibility index (Phi) is 6.59. The molecule has 124 valence electrons. The maximum Gasteiger partial charge on any atom is 0.118 e. The first-order valence-corrected chi connectivity index (χ1v) is 7.93. The fraction of sp³-hybridized carbons (Fsp3) is 0.368. The largest absolute Gasteiger partial charge is 0.497 e. The summed E-state index contributed by atoms with van der Waals surface area (Å²) in [6, 6.07) is 17.2. The van der Waals surface area contributed by atoms with Gasteiger partial charge >= 0.3 is 0 Å². The number of aliphatic hydroxyl groups is 2. The quantitative estimate of drug-likeness (QED) is 0.786. The number of nitrogens with zero attached hydrogens (tertiary/aromatic N) is 1. The van der Waals surface area contributed by atoms with Gasteiger partial charge in [-0.3, -0.25) is 4.90 Å². The van der Waals surface area contributed by atoms with Gasteiger partial charge in [-0.15, -0.1) is 0 Å². The second-order valence-electron chi connectivity index (χ2n) is 5.43. The zero-order valence-corrected chi connectivity index (χ0v) is 13.7. The number of methoxy groups -OCH3 is 1. The van der Waals surface area contributed by atoms with Crippen molar-refractivity contribution >= 4 is 0 Å². The monoisotopic (exact) mass is 315 g/mol. The summed E-state index contributed by atoms with van der Waals surface area (Å²) in [5.41, 5.74) is 1.86. The SMILES string of the molecule is CCN(CCO)C(c1ccccc1)C(O)c1ccc(OC)cc1. The molecule has 4 nitrogen and oxygen atoms in total. The number of rotatable bonds is 8. The van der Waals surface area contributed by atoms with Crippen LogP contribution in [0.2, 0.25) is 0 Å². The Bertz CT molecular complexity index is 571. The lowest BCUT2D eigenvalue weighted by Gasteiger charge is -2.34. The lowest BCUT2D eigenvalue weighted by atomic mass is 9.94. The molecule has 2 N–H and O–H groups in total. The zero-order chi connectivity index (χ0) is 16.7. The highest BCUT2D eigenvalue weighted by Gasteiger charge is 2.27. The minimum Gasteiger partial charge on any atom is -0.497 e. The summed E-state index contributed by atoms with van der Waals surface area (Å²) in [5.74, 6) is 0.764. The van der Waals surface area contributed by atoms with E-state index in [1.165, 1.54) is 0 Å². The minimum atomic E-state index is -0.685. The summed E-state index contributed by atoms with van der Waals surface area (Å²) in [6.07, 6.45) is -0.685. The van der Waals surface area contributed by atoms with Crippen LogP contribution in [0.15, 0.2) is 54.6 Å². The molecule has 0 spiro atoms. The molecule has 0 amide bonds.